The first-order valence-electron chi connectivity index (χ1n) is 9.80. The van der Waals surface area contributed by atoms with Gasteiger partial charge in [0.25, 0.3) is 5.91 Å². The highest BCUT2D eigenvalue weighted by Crippen LogP contribution is 2.26. The first-order chi connectivity index (χ1) is 12.7. The third-order valence-corrected chi connectivity index (χ3v) is 5.80. The topological polar surface area (TPSA) is 78.4 Å². The van der Waals surface area contributed by atoms with Crippen molar-refractivity contribution in [3.05, 3.63) is 24.3 Å². The third-order valence-electron chi connectivity index (χ3n) is 5.80. The predicted octanol–water partition coefficient (Wildman–Crippen LogP) is 1.07. The molecule has 3 fully saturated rings. The van der Waals surface area contributed by atoms with Crippen LogP contribution < -0.4 is 5.32 Å². The Kier molecular flexibility index (Phi) is 5.15. The van der Waals surface area contributed by atoms with Gasteiger partial charge >= 0.3 is 0 Å². The summed E-state index contributed by atoms with van der Waals surface area (Å²) >= 11 is 0. The first kappa shape index (κ1) is 17.4. The van der Waals surface area contributed by atoms with E-state index in [1.165, 1.54) is 6.20 Å². The lowest BCUT2D eigenvalue weighted by Gasteiger charge is -2.42. The van der Waals surface area contributed by atoms with Crippen LogP contribution in [-0.2, 0) is 4.79 Å². The molecule has 1 aliphatic carbocycles. The minimum atomic E-state index is -0.0307. The zero-order valence-electron chi connectivity index (χ0n) is 15.1. The Morgan fingerprint density at radius 3 is 2.54 bits per heavy atom. The molecule has 4 rings (SSSR count). The maximum absolute atomic E-state index is 12.5. The quantitative estimate of drug-likeness (QED) is 0.872. The van der Waals surface area contributed by atoms with E-state index in [1.54, 1.807) is 12.4 Å². The summed E-state index contributed by atoms with van der Waals surface area (Å²) in [6.07, 6.45) is 10.9. The Labute approximate surface area is 154 Å². The average molecular weight is 357 g/mol. The molecule has 1 aromatic heterocycles. The molecule has 0 aromatic carbocycles. The summed E-state index contributed by atoms with van der Waals surface area (Å²) in [5.41, 5.74) is 0.417. The smallest absolute Gasteiger partial charge is 0.274 e. The van der Waals surface area contributed by atoms with Gasteiger partial charge in [-0.05, 0) is 45.1 Å². The Balaban J connectivity index is 1.28. The first-order valence-corrected chi connectivity index (χ1v) is 9.80. The molecular weight excluding hydrogens is 330 g/mol. The van der Waals surface area contributed by atoms with Crippen LogP contribution in [0.3, 0.4) is 0 Å². The normalized spacial score (nSPS) is 25.1. The summed E-state index contributed by atoms with van der Waals surface area (Å²) in [6, 6.07) is 0.908. The number of aromatic nitrogens is 2. The van der Waals surface area contributed by atoms with Gasteiger partial charge in [0.1, 0.15) is 5.69 Å². The van der Waals surface area contributed by atoms with E-state index in [4.69, 9.17) is 0 Å². The number of nitrogens with one attached hydrogen (secondary N) is 1. The zero-order valence-corrected chi connectivity index (χ0v) is 15.1. The van der Waals surface area contributed by atoms with Gasteiger partial charge in [-0.25, -0.2) is 4.98 Å². The number of hydrogen-bond donors (Lipinski definition) is 1. The molecular formula is C19H27N5O2. The van der Waals surface area contributed by atoms with Crippen molar-refractivity contribution in [3.8, 4) is 0 Å². The Morgan fingerprint density at radius 1 is 1.04 bits per heavy atom. The van der Waals surface area contributed by atoms with Crippen LogP contribution in [0.1, 0.15) is 49.0 Å². The lowest BCUT2D eigenvalue weighted by molar-refractivity contribution is -0.127. The van der Waals surface area contributed by atoms with Crippen LogP contribution in [0.4, 0.5) is 0 Å². The number of piperidine rings is 2. The summed E-state index contributed by atoms with van der Waals surface area (Å²) in [4.78, 5) is 37.3. The number of hydrogen-bond acceptors (Lipinski definition) is 5. The van der Waals surface area contributed by atoms with Gasteiger partial charge < -0.3 is 10.2 Å². The molecule has 26 heavy (non-hydrogen) atoms. The fourth-order valence-corrected chi connectivity index (χ4v) is 4.10. The fourth-order valence-electron chi connectivity index (χ4n) is 4.10. The summed E-state index contributed by atoms with van der Waals surface area (Å²) < 4.78 is 0. The van der Waals surface area contributed by atoms with E-state index < -0.39 is 0 Å². The Bertz CT molecular complexity index is 641. The maximum atomic E-state index is 12.5. The minimum absolute atomic E-state index is 0.0307. The summed E-state index contributed by atoms with van der Waals surface area (Å²) in [6.45, 7) is 3.42. The van der Waals surface area contributed by atoms with Gasteiger partial charge in [-0.1, -0.05) is 0 Å². The van der Waals surface area contributed by atoms with Crippen LogP contribution in [0.25, 0.3) is 0 Å². The zero-order chi connectivity index (χ0) is 17.9. The fraction of sp³-hybridized carbons (Fsp3) is 0.684. The summed E-state index contributed by atoms with van der Waals surface area (Å²) in [7, 11) is 0. The lowest BCUT2D eigenvalue weighted by atomic mass is 9.93. The van der Waals surface area contributed by atoms with Gasteiger partial charge in [0.15, 0.2) is 0 Å². The van der Waals surface area contributed by atoms with Gasteiger partial charge in [0.05, 0.1) is 12.1 Å². The number of likely N-dealkylation sites (tertiary alicyclic amines) is 2. The number of carbonyl (C=O) groups is 2. The largest absolute Gasteiger partial charge is 0.353 e. The second kappa shape index (κ2) is 7.70. The van der Waals surface area contributed by atoms with Gasteiger partial charge in [-0.2, -0.15) is 0 Å². The molecule has 0 bridgehead atoms. The SMILES string of the molecule is O=C(NC1CC1)[C@@H]1CCCN(C2CCN(C(=O)c3cnccn3)CC2)C1. The van der Waals surface area contributed by atoms with E-state index in [0.29, 0.717) is 17.8 Å². The van der Waals surface area contributed by atoms with Gasteiger partial charge in [0.2, 0.25) is 5.91 Å². The van der Waals surface area contributed by atoms with Crippen LogP contribution in [0.15, 0.2) is 18.6 Å². The van der Waals surface area contributed by atoms with Crippen LogP contribution in [0.2, 0.25) is 0 Å². The molecule has 1 N–H and O–H groups in total. The molecule has 1 saturated carbocycles. The van der Waals surface area contributed by atoms with Crippen molar-refractivity contribution in [2.24, 2.45) is 5.92 Å². The van der Waals surface area contributed by atoms with Crippen molar-refractivity contribution >= 4 is 11.8 Å². The molecule has 0 unspecified atom stereocenters. The Hall–Kier alpha value is -2.02. The molecule has 2 aliphatic heterocycles. The standard InChI is InChI=1S/C19H27N5O2/c25-18(22-15-3-4-15)14-2-1-9-24(13-14)16-5-10-23(11-6-16)19(26)17-12-20-7-8-21-17/h7-8,12,14-16H,1-6,9-11,13H2,(H,22,25)/t14-/m1/s1. The molecule has 1 atom stereocenters. The lowest BCUT2D eigenvalue weighted by Crippen LogP contribution is -2.51. The van der Waals surface area contributed by atoms with Gasteiger partial charge in [-0.3, -0.25) is 19.5 Å². The molecule has 3 aliphatic rings. The predicted molar refractivity (Wildman–Crippen MR) is 96.4 cm³/mol. The molecule has 0 radical (unpaired) electrons. The summed E-state index contributed by atoms with van der Waals surface area (Å²) in [5, 5.41) is 3.16. The molecule has 0 spiro atoms. The van der Waals surface area contributed by atoms with E-state index >= 15 is 0 Å². The number of carbonyl (C=O) groups excluding carboxylic acids is 2. The number of rotatable bonds is 4. The van der Waals surface area contributed by atoms with Crippen molar-refractivity contribution < 1.29 is 9.59 Å². The summed E-state index contributed by atoms with van der Waals surface area (Å²) in [5.74, 6) is 0.341. The average Bonchev–Trinajstić information content (AvgIpc) is 3.52. The van der Waals surface area contributed by atoms with Crippen molar-refractivity contribution in [2.75, 3.05) is 26.2 Å². The highest BCUT2D eigenvalue weighted by Gasteiger charge is 2.34. The second-order valence-electron chi connectivity index (χ2n) is 7.73. The second-order valence-corrected chi connectivity index (χ2v) is 7.73. The van der Waals surface area contributed by atoms with Crippen molar-refractivity contribution in [1.82, 2.24) is 25.1 Å². The van der Waals surface area contributed by atoms with Crippen LogP contribution in [0.5, 0.6) is 0 Å². The van der Waals surface area contributed by atoms with E-state index in [0.717, 1.165) is 64.7 Å². The molecule has 2 saturated heterocycles. The molecule has 2 amide bonds. The van der Waals surface area contributed by atoms with Crippen LogP contribution >= 0.6 is 0 Å². The molecule has 3 heterocycles. The third kappa shape index (κ3) is 4.03. The number of amides is 2. The van der Waals surface area contributed by atoms with Crippen LogP contribution in [0, 0.1) is 5.92 Å². The van der Waals surface area contributed by atoms with Crippen molar-refractivity contribution in [2.45, 2.75) is 50.6 Å². The monoisotopic (exact) mass is 357 g/mol. The van der Waals surface area contributed by atoms with Crippen molar-refractivity contribution in [1.29, 1.82) is 0 Å². The maximum Gasteiger partial charge on any atom is 0.274 e. The molecule has 7 nitrogen and oxygen atoms in total. The molecule has 1 aromatic rings. The Morgan fingerprint density at radius 2 is 1.85 bits per heavy atom. The minimum Gasteiger partial charge on any atom is -0.353 e. The highest BCUT2D eigenvalue weighted by atomic mass is 16.2. The van der Waals surface area contributed by atoms with E-state index in [2.05, 4.69) is 20.2 Å². The number of nitrogens with zero attached hydrogens (tertiary/aromatic N) is 4. The van der Waals surface area contributed by atoms with E-state index in [9.17, 15) is 9.59 Å². The van der Waals surface area contributed by atoms with Gasteiger partial charge in [0, 0.05) is 44.1 Å². The highest BCUT2D eigenvalue weighted by molar-refractivity contribution is 5.92. The molecule has 7 heteroatoms. The van der Waals surface area contributed by atoms with Gasteiger partial charge in [-0.15, -0.1) is 0 Å². The van der Waals surface area contributed by atoms with Crippen LogP contribution in [-0.4, -0.2) is 69.8 Å². The van der Waals surface area contributed by atoms with E-state index in [-0.39, 0.29) is 17.7 Å². The van der Waals surface area contributed by atoms with E-state index in [1.807, 2.05) is 4.90 Å². The molecule has 140 valence electrons. The van der Waals surface area contributed by atoms with Crippen molar-refractivity contribution in [3.63, 3.8) is 0 Å².